The van der Waals surface area contributed by atoms with E-state index in [-0.39, 0.29) is 6.04 Å². The summed E-state index contributed by atoms with van der Waals surface area (Å²) < 4.78 is 13.0. The molecule has 2 fully saturated rings. The zero-order chi connectivity index (χ0) is 27.7. The fourth-order valence-corrected chi connectivity index (χ4v) is 5.66. The molecule has 11 nitrogen and oxygen atoms in total. The van der Waals surface area contributed by atoms with Gasteiger partial charge in [0.25, 0.3) is 0 Å². The van der Waals surface area contributed by atoms with E-state index >= 15 is 0 Å². The first-order chi connectivity index (χ1) is 18.6. The number of likely N-dealkylation sites (N-methyl/N-ethyl adjacent to an activating group) is 1. The number of anilines is 2. The third-order valence-electron chi connectivity index (χ3n) is 7.70. The number of amides is 1. The molecule has 1 aromatic carbocycles. The maximum Gasteiger partial charge on any atom is 0.412 e. The number of ether oxygens (including phenoxy) is 2. The molecule has 0 atom stereocenters. The van der Waals surface area contributed by atoms with Crippen LogP contribution in [0.5, 0.6) is 5.75 Å². The van der Waals surface area contributed by atoms with Crippen LogP contribution in [0.1, 0.15) is 52.5 Å². The van der Waals surface area contributed by atoms with Crippen LogP contribution >= 0.6 is 0 Å². The summed E-state index contributed by atoms with van der Waals surface area (Å²) in [5.41, 5.74) is 8.52. The highest BCUT2D eigenvalue weighted by Crippen LogP contribution is 2.39. The molecule has 1 aliphatic carbocycles. The van der Waals surface area contributed by atoms with Gasteiger partial charge in [-0.05, 0) is 65.6 Å². The molecule has 5 rings (SSSR count). The van der Waals surface area contributed by atoms with Gasteiger partial charge in [0.15, 0.2) is 5.65 Å². The molecule has 0 radical (unpaired) electrons. The summed E-state index contributed by atoms with van der Waals surface area (Å²) in [5, 5.41) is 8.55. The number of nitrogens with zero attached hydrogens (tertiary/aromatic N) is 6. The number of aromatic nitrogens is 4. The van der Waals surface area contributed by atoms with Crippen molar-refractivity contribution in [2.75, 3.05) is 51.4 Å². The molecule has 0 bridgehead atoms. The molecule has 210 valence electrons. The van der Waals surface area contributed by atoms with E-state index in [0.29, 0.717) is 29.0 Å². The van der Waals surface area contributed by atoms with Crippen molar-refractivity contribution in [3.8, 4) is 17.0 Å². The van der Waals surface area contributed by atoms with Crippen molar-refractivity contribution in [1.29, 1.82) is 0 Å². The van der Waals surface area contributed by atoms with Crippen molar-refractivity contribution in [3.63, 3.8) is 0 Å². The monoisotopic (exact) mass is 536 g/mol. The van der Waals surface area contributed by atoms with E-state index < -0.39 is 11.7 Å². The lowest BCUT2D eigenvalue weighted by atomic mass is 9.90. The van der Waals surface area contributed by atoms with E-state index in [0.717, 1.165) is 68.5 Å². The van der Waals surface area contributed by atoms with Crippen LogP contribution in [0.4, 0.5) is 16.3 Å². The third-order valence-corrected chi connectivity index (χ3v) is 7.70. The average molecular weight is 537 g/mol. The van der Waals surface area contributed by atoms with Crippen molar-refractivity contribution < 1.29 is 14.3 Å². The van der Waals surface area contributed by atoms with Crippen LogP contribution < -0.4 is 15.8 Å². The van der Waals surface area contributed by atoms with Crippen LogP contribution in [0.25, 0.3) is 22.3 Å². The van der Waals surface area contributed by atoms with Crippen molar-refractivity contribution in [2.45, 2.75) is 64.1 Å². The van der Waals surface area contributed by atoms with Gasteiger partial charge in [-0.2, -0.15) is 5.10 Å². The highest BCUT2D eigenvalue weighted by molar-refractivity contribution is 5.99. The predicted octanol–water partition coefficient (Wildman–Crippen LogP) is 4.16. The molecule has 3 aromatic rings. The second-order valence-electron chi connectivity index (χ2n) is 11.6. The van der Waals surface area contributed by atoms with Crippen molar-refractivity contribution >= 4 is 28.6 Å². The number of nitrogens with two attached hydrogens (primary N) is 1. The maximum absolute atomic E-state index is 12.3. The first-order valence-corrected chi connectivity index (χ1v) is 13.7. The largest absolute Gasteiger partial charge is 0.495 e. The molecule has 11 heteroatoms. The lowest BCUT2D eigenvalue weighted by Crippen LogP contribution is -2.49. The van der Waals surface area contributed by atoms with Gasteiger partial charge in [-0.3, -0.25) is 10.2 Å². The molecular weight excluding hydrogens is 496 g/mol. The molecule has 2 aromatic heterocycles. The standard InChI is InChI=1S/C28H40N8O3/c1-28(2,3)39-27(37)32-21-11-6-18(16-22(21)38-5)24-23-25(29)30-17-31-26(23)36(33-24)20-9-7-19(8-10-20)35-14-12-34(4)13-15-35/h6,11,16-17,19-20H,7-10,12-15H2,1-5H3,(H,32,37)(H2,29,30,31). The minimum absolute atomic E-state index is 0.245. The Labute approximate surface area is 229 Å². The molecule has 0 unspecified atom stereocenters. The Morgan fingerprint density at radius 2 is 1.74 bits per heavy atom. The molecule has 1 amide bonds. The number of nitrogen functional groups attached to an aromatic ring is 1. The Kier molecular flexibility index (Phi) is 7.64. The summed E-state index contributed by atoms with van der Waals surface area (Å²) in [6.45, 7) is 10.0. The second kappa shape index (κ2) is 11.0. The number of nitrogens with one attached hydrogen (secondary N) is 1. The highest BCUT2D eigenvalue weighted by Gasteiger charge is 2.31. The van der Waals surface area contributed by atoms with Gasteiger partial charge in [-0.25, -0.2) is 19.4 Å². The van der Waals surface area contributed by atoms with Gasteiger partial charge in [0.05, 0.1) is 24.2 Å². The lowest BCUT2D eigenvalue weighted by Gasteiger charge is -2.41. The Balaban J connectivity index is 1.40. The Bertz CT molecular complexity index is 1320. The van der Waals surface area contributed by atoms with Crippen molar-refractivity contribution in [3.05, 3.63) is 24.5 Å². The number of piperazine rings is 1. The van der Waals surface area contributed by atoms with Crippen LogP contribution in [0.2, 0.25) is 0 Å². The first-order valence-electron chi connectivity index (χ1n) is 13.7. The van der Waals surface area contributed by atoms with Crippen LogP contribution in [-0.2, 0) is 4.74 Å². The van der Waals surface area contributed by atoms with Gasteiger partial charge in [0.2, 0.25) is 0 Å². The zero-order valence-electron chi connectivity index (χ0n) is 23.6. The first kappa shape index (κ1) is 27.1. The summed E-state index contributed by atoms with van der Waals surface area (Å²) in [6, 6.07) is 6.39. The SMILES string of the molecule is COc1cc(-c2nn(C3CCC(N4CCN(C)CC4)CC3)c3ncnc(N)c23)ccc1NC(=O)OC(C)(C)C. The predicted molar refractivity (Wildman–Crippen MR) is 152 cm³/mol. The molecule has 1 saturated carbocycles. The van der Waals surface area contributed by atoms with Gasteiger partial charge in [-0.15, -0.1) is 0 Å². The quantitative estimate of drug-likeness (QED) is 0.495. The Morgan fingerprint density at radius 1 is 1.05 bits per heavy atom. The number of carbonyl (C=O) groups excluding carboxylic acids is 1. The zero-order valence-corrected chi connectivity index (χ0v) is 23.6. The Morgan fingerprint density at radius 3 is 2.41 bits per heavy atom. The number of carbonyl (C=O) groups is 1. The fraction of sp³-hybridized carbons (Fsp3) is 0.571. The number of rotatable bonds is 5. The smallest absolute Gasteiger partial charge is 0.412 e. The summed E-state index contributed by atoms with van der Waals surface area (Å²) >= 11 is 0. The summed E-state index contributed by atoms with van der Waals surface area (Å²) in [4.78, 5) is 26.3. The maximum atomic E-state index is 12.3. The van der Waals surface area contributed by atoms with Gasteiger partial charge < -0.3 is 20.1 Å². The Hall–Kier alpha value is -3.44. The molecule has 3 heterocycles. The van der Waals surface area contributed by atoms with Crippen LogP contribution in [0.15, 0.2) is 24.5 Å². The van der Waals surface area contributed by atoms with E-state index in [4.69, 9.17) is 20.3 Å². The van der Waals surface area contributed by atoms with Crippen LogP contribution in [-0.4, -0.2) is 87.6 Å². The van der Waals surface area contributed by atoms with Crippen molar-refractivity contribution in [2.24, 2.45) is 0 Å². The second-order valence-corrected chi connectivity index (χ2v) is 11.6. The number of hydrogen-bond acceptors (Lipinski definition) is 9. The van der Waals surface area contributed by atoms with E-state index in [9.17, 15) is 4.79 Å². The molecule has 2 aliphatic rings. The lowest BCUT2D eigenvalue weighted by molar-refractivity contribution is 0.0635. The minimum atomic E-state index is -0.607. The van der Waals surface area contributed by atoms with Gasteiger partial charge in [0, 0.05) is 37.8 Å². The molecule has 3 N–H and O–H groups in total. The summed E-state index contributed by atoms with van der Waals surface area (Å²) in [6.07, 6.45) is 5.32. The van der Waals surface area contributed by atoms with Crippen LogP contribution in [0, 0.1) is 0 Å². The van der Waals surface area contributed by atoms with E-state index in [1.165, 1.54) is 6.33 Å². The number of fused-ring (bicyclic) bond motifs is 1. The highest BCUT2D eigenvalue weighted by atomic mass is 16.6. The fourth-order valence-electron chi connectivity index (χ4n) is 5.66. The molecule has 1 aliphatic heterocycles. The van der Waals surface area contributed by atoms with E-state index in [1.807, 2.05) is 37.6 Å². The summed E-state index contributed by atoms with van der Waals surface area (Å²) in [5.74, 6) is 0.881. The van der Waals surface area contributed by atoms with E-state index in [1.54, 1.807) is 13.2 Å². The molecule has 1 saturated heterocycles. The number of hydrogen-bond donors (Lipinski definition) is 2. The summed E-state index contributed by atoms with van der Waals surface area (Å²) in [7, 11) is 3.76. The van der Waals surface area contributed by atoms with Crippen LogP contribution in [0.3, 0.4) is 0 Å². The third kappa shape index (κ3) is 5.94. The number of benzene rings is 1. The normalized spacial score (nSPS) is 21.2. The number of methoxy groups -OCH3 is 1. The molecular formula is C28H40N8O3. The van der Waals surface area contributed by atoms with Gasteiger partial charge in [-0.1, -0.05) is 6.07 Å². The van der Waals surface area contributed by atoms with E-state index in [2.05, 4.69) is 32.1 Å². The topological polar surface area (TPSA) is 124 Å². The minimum Gasteiger partial charge on any atom is -0.495 e. The van der Waals surface area contributed by atoms with Gasteiger partial charge >= 0.3 is 6.09 Å². The molecule has 39 heavy (non-hydrogen) atoms. The molecule has 0 spiro atoms. The average Bonchev–Trinajstić information content (AvgIpc) is 3.29. The van der Waals surface area contributed by atoms with Crippen molar-refractivity contribution in [1.82, 2.24) is 29.5 Å². The van der Waals surface area contributed by atoms with Gasteiger partial charge in [0.1, 0.15) is 29.2 Å².